The molecular formula is C13H19NO4. The third-order valence-corrected chi connectivity index (χ3v) is 2.58. The van der Waals surface area contributed by atoms with Gasteiger partial charge in [-0.1, -0.05) is 0 Å². The molecule has 0 N–H and O–H groups in total. The number of hydrogen-bond acceptors (Lipinski definition) is 4. The highest BCUT2D eigenvalue weighted by atomic mass is 16.6. The van der Waals surface area contributed by atoms with Crippen LogP contribution in [0.15, 0.2) is 18.2 Å². The predicted octanol–water partition coefficient (Wildman–Crippen LogP) is 2.54. The lowest BCUT2D eigenvalue weighted by Gasteiger charge is -2.18. The minimum Gasteiger partial charge on any atom is -0.493 e. The normalized spacial score (nSPS) is 9.78. The van der Waals surface area contributed by atoms with Gasteiger partial charge in [0, 0.05) is 19.2 Å². The zero-order valence-electron chi connectivity index (χ0n) is 11.2. The highest BCUT2D eigenvalue weighted by molar-refractivity contribution is 5.71. The predicted molar refractivity (Wildman–Crippen MR) is 68.5 cm³/mol. The van der Waals surface area contributed by atoms with Gasteiger partial charge >= 0.3 is 6.09 Å². The van der Waals surface area contributed by atoms with E-state index in [1.54, 1.807) is 30.2 Å². The number of carbonyl (C=O) groups is 1. The van der Waals surface area contributed by atoms with Gasteiger partial charge < -0.3 is 19.1 Å². The van der Waals surface area contributed by atoms with E-state index in [1.807, 2.05) is 13.8 Å². The van der Waals surface area contributed by atoms with Crippen LogP contribution in [0.3, 0.4) is 0 Å². The van der Waals surface area contributed by atoms with Crippen LogP contribution in [0.1, 0.15) is 13.8 Å². The fourth-order valence-electron chi connectivity index (χ4n) is 1.53. The Morgan fingerprint density at radius 1 is 1.11 bits per heavy atom. The molecule has 1 aromatic rings. The number of nitrogens with zero attached hydrogens (tertiary/aromatic N) is 1. The van der Waals surface area contributed by atoms with Crippen molar-refractivity contribution in [2.45, 2.75) is 13.8 Å². The third-order valence-electron chi connectivity index (χ3n) is 2.58. The molecule has 0 atom stereocenters. The van der Waals surface area contributed by atoms with Gasteiger partial charge in [0.05, 0.1) is 14.2 Å². The van der Waals surface area contributed by atoms with Crippen molar-refractivity contribution in [1.82, 2.24) is 4.90 Å². The Hall–Kier alpha value is -1.91. The van der Waals surface area contributed by atoms with E-state index in [0.29, 0.717) is 30.3 Å². The second-order valence-electron chi connectivity index (χ2n) is 3.56. The minimum absolute atomic E-state index is 0.368. The smallest absolute Gasteiger partial charge is 0.415 e. The molecule has 5 heteroatoms. The van der Waals surface area contributed by atoms with Crippen LogP contribution in [0.4, 0.5) is 4.79 Å². The Labute approximate surface area is 107 Å². The van der Waals surface area contributed by atoms with Gasteiger partial charge in [-0.2, -0.15) is 0 Å². The molecule has 0 aliphatic heterocycles. The molecule has 0 aliphatic rings. The highest BCUT2D eigenvalue weighted by Gasteiger charge is 2.13. The van der Waals surface area contributed by atoms with Crippen LogP contribution in [-0.2, 0) is 0 Å². The van der Waals surface area contributed by atoms with Crippen molar-refractivity contribution >= 4 is 6.09 Å². The molecule has 0 heterocycles. The molecule has 0 spiro atoms. The fourth-order valence-corrected chi connectivity index (χ4v) is 1.53. The molecule has 1 amide bonds. The van der Waals surface area contributed by atoms with Gasteiger partial charge in [-0.05, 0) is 26.0 Å². The number of benzene rings is 1. The summed E-state index contributed by atoms with van der Waals surface area (Å²) in [5.41, 5.74) is 0. The van der Waals surface area contributed by atoms with E-state index >= 15 is 0 Å². The average molecular weight is 253 g/mol. The zero-order chi connectivity index (χ0) is 13.5. The van der Waals surface area contributed by atoms with Crippen molar-refractivity contribution in [2.24, 2.45) is 0 Å². The summed E-state index contributed by atoms with van der Waals surface area (Å²) in [7, 11) is 3.09. The number of carbonyl (C=O) groups excluding carboxylic acids is 1. The first-order valence-corrected chi connectivity index (χ1v) is 5.85. The molecule has 0 unspecified atom stereocenters. The maximum Gasteiger partial charge on any atom is 0.415 e. The fraction of sp³-hybridized carbons (Fsp3) is 0.462. The van der Waals surface area contributed by atoms with E-state index in [9.17, 15) is 4.79 Å². The number of hydrogen-bond donors (Lipinski definition) is 0. The van der Waals surface area contributed by atoms with E-state index in [1.165, 1.54) is 7.11 Å². The lowest BCUT2D eigenvalue weighted by molar-refractivity contribution is 0.157. The first kappa shape index (κ1) is 14.2. The van der Waals surface area contributed by atoms with E-state index in [4.69, 9.17) is 14.2 Å². The van der Waals surface area contributed by atoms with Crippen LogP contribution < -0.4 is 14.2 Å². The van der Waals surface area contributed by atoms with Gasteiger partial charge in [-0.25, -0.2) is 4.79 Å². The molecule has 0 fully saturated rings. The first-order chi connectivity index (χ1) is 8.65. The summed E-state index contributed by atoms with van der Waals surface area (Å²) in [5.74, 6) is 1.56. The van der Waals surface area contributed by atoms with Gasteiger partial charge in [0.1, 0.15) is 5.75 Å². The van der Waals surface area contributed by atoms with Crippen molar-refractivity contribution in [3.05, 3.63) is 18.2 Å². The summed E-state index contributed by atoms with van der Waals surface area (Å²) in [5, 5.41) is 0. The summed E-state index contributed by atoms with van der Waals surface area (Å²) in [6, 6.07) is 4.99. The second kappa shape index (κ2) is 6.74. The van der Waals surface area contributed by atoms with E-state index in [-0.39, 0.29) is 6.09 Å². The van der Waals surface area contributed by atoms with Gasteiger partial charge in [0.25, 0.3) is 0 Å². The van der Waals surface area contributed by atoms with Crippen molar-refractivity contribution in [1.29, 1.82) is 0 Å². The van der Waals surface area contributed by atoms with Crippen LogP contribution in [0.2, 0.25) is 0 Å². The molecule has 1 aromatic carbocycles. The number of amides is 1. The maximum atomic E-state index is 11.8. The van der Waals surface area contributed by atoms with E-state index in [0.717, 1.165) is 0 Å². The molecule has 0 aliphatic carbocycles. The lowest BCUT2D eigenvalue weighted by atomic mass is 10.3. The Bertz CT molecular complexity index is 402. The Morgan fingerprint density at radius 2 is 1.72 bits per heavy atom. The van der Waals surface area contributed by atoms with Crippen LogP contribution >= 0.6 is 0 Å². The minimum atomic E-state index is -0.368. The third kappa shape index (κ3) is 3.29. The molecule has 100 valence electrons. The summed E-state index contributed by atoms with van der Waals surface area (Å²) >= 11 is 0. The van der Waals surface area contributed by atoms with Crippen LogP contribution in [0, 0.1) is 0 Å². The highest BCUT2D eigenvalue weighted by Crippen LogP contribution is 2.31. The molecule has 0 saturated heterocycles. The first-order valence-electron chi connectivity index (χ1n) is 5.85. The van der Waals surface area contributed by atoms with Crippen molar-refractivity contribution in [3.63, 3.8) is 0 Å². The SMILES string of the molecule is CCN(CC)C(=O)Oc1ccc(OC)c(OC)c1. The molecule has 0 saturated carbocycles. The standard InChI is InChI=1S/C13H19NO4/c1-5-14(6-2)13(15)18-10-7-8-11(16-3)12(9-10)17-4/h7-9H,5-6H2,1-4H3. The van der Waals surface area contributed by atoms with Crippen LogP contribution in [-0.4, -0.2) is 38.3 Å². The number of methoxy groups -OCH3 is 2. The molecule has 1 rings (SSSR count). The van der Waals surface area contributed by atoms with Gasteiger partial charge in [-0.3, -0.25) is 0 Å². The average Bonchev–Trinajstić information content (AvgIpc) is 2.40. The maximum absolute atomic E-state index is 11.8. The summed E-state index contributed by atoms with van der Waals surface area (Å²) in [6.45, 7) is 5.03. The summed E-state index contributed by atoms with van der Waals surface area (Å²) in [4.78, 5) is 13.4. The second-order valence-corrected chi connectivity index (χ2v) is 3.56. The van der Waals surface area contributed by atoms with Crippen LogP contribution in [0.5, 0.6) is 17.2 Å². The van der Waals surface area contributed by atoms with Crippen molar-refractivity contribution < 1.29 is 19.0 Å². The molecule has 0 aromatic heterocycles. The quantitative estimate of drug-likeness (QED) is 0.809. The van der Waals surface area contributed by atoms with Gasteiger partial charge in [0.15, 0.2) is 11.5 Å². The molecule has 0 bridgehead atoms. The van der Waals surface area contributed by atoms with Crippen LogP contribution in [0.25, 0.3) is 0 Å². The van der Waals surface area contributed by atoms with Gasteiger partial charge in [0.2, 0.25) is 0 Å². The zero-order valence-corrected chi connectivity index (χ0v) is 11.2. The summed E-state index contributed by atoms with van der Waals surface area (Å²) < 4.78 is 15.5. The Balaban J connectivity index is 2.82. The van der Waals surface area contributed by atoms with Crippen molar-refractivity contribution in [3.8, 4) is 17.2 Å². The Morgan fingerprint density at radius 3 is 2.22 bits per heavy atom. The summed E-state index contributed by atoms with van der Waals surface area (Å²) in [6.07, 6.45) is -0.368. The molecular weight excluding hydrogens is 234 g/mol. The Kier molecular flexibility index (Phi) is 5.30. The van der Waals surface area contributed by atoms with Gasteiger partial charge in [-0.15, -0.1) is 0 Å². The number of ether oxygens (including phenoxy) is 3. The lowest BCUT2D eigenvalue weighted by Crippen LogP contribution is -2.33. The molecule has 5 nitrogen and oxygen atoms in total. The van der Waals surface area contributed by atoms with E-state index in [2.05, 4.69) is 0 Å². The topological polar surface area (TPSA) is 48.0 Å². The largest absolute Gasteiger partial charge is 0.493 e. The molecule has 18 heavy (non-hydrogen) atoms. The van der Waals surface area contributed by atoms with E-state index < -0.39 is 0 Å². The molecule has 0 radical (unpaired) electrons. The van der Waals surface area contributed by atoms with Crippen molar-refractivity contribution in [2.75, 3.05) is 27.3 Å². The number of rotatable bonds is 5. The monoisotopic (exact) mass is 253 g/mol.